The van der Waals surface area contributed by atoms with E-state index < -0.39 is 11.9 Å². The van der Waals surface area contributed by atoms with E-state index in [1.165, 1.54) is 12.1 Å². The Hall–Kier alpha value is -1.58. The zero-order valence-electron chi connectivity index (χ0n) is 10.7. The first kappa shape index (κ1) is 13.8. The largest absolute Gasteiger partial charge is 0.452 e. The Balaban J connectivity index is 2.43. The van der Waals surface area contributed by atoms with Crippen molar-refractivity contribution in [2.75, 3.05) is 0 Å². The molecule has 19 heavy (non-hydrogen) atoms. The molecule has 0 amide bonds. The molecule has 0 fully saturated rings. The highest BCUT2D eigenvalue weighted by atomic mass is 35.5. The van der Waals surface area contributed by atoms with Crippen LogP contribution in [0.25, 0.3) is 0 Å². The number of benzene rings is 2. The number of aliphatic hydroxyl groups excluding tert-OH is 1. The summed E-state index contributed by atoms with van der Waals surface area (Å²) in [6.07, 6.45) is -0.824. The van der Waals surface area contributed by atoms with Crippen LogP contribution in [0.4, 0.5) is 4.39 Å². The van der Waals surface area contributed by atoms with Crippen LogP contribution in [0.2, 0.25) is 5.02 Å². The molecule has 0 aromatic heterocycles. The van der Waals surface area contributed by atoms with E-state index in [4.69, 9.17) is 16.3 Å². The minimum absolute atomic E-state index is 0.00301. The van der Waals surface area contributed by atoms with E-state index in [-0.39, 0.29) is 5.75 Å². The van der Waals surface area contributed by atoms with Crippen LogP contribution >= 0.6 is 11.6 Å². The van der Waals surface area contributed by atoms with Crippen LogP contribution in [0.1, 0.15) is 24.2 Å². The fraction of sp³-hybridized carbons (Fsp3) is 0.200. The van der Waals surface area contributed by atoms with Crippen molar-refractivity contribution >= 4 is 11.6 Å². The predicted octanol–water partition coefficient (Wildman–Crippen LogP) is 4.63. The topological polar surface area (TPSA) is 29.5 Å². The lowest BCUT2D eigenvalue weighted by Crippen LogP contribution is -1.99. The van der Waals surface area contributed by atoms with E-state index in [0.717, 1.165) is 5.56 Å². The van der Waals surface area contributed by atoms with Gasteiger partial charge in [-0.15, -0.1) is 0 Å². The first-order chi connectivity index (χ1) is 8.99. The molecule has 2 aromatic rings. The summed E-state index contributed by atoms with van der Waals surface area (Å²) >= 11 is 6.05. The molecular weight excluding hydrogens is 267 g/mol. The predicted molar refractivity (Wildman–Crippen MR) is 73.3 cm³/mol. The highest BCUT2D eigenvalue weighted by Gasteiger charge is 2.15. The second-order valence-corrected chi connectivity index (χ2v) is 4.78. The quantitative estimate of drug-likeness (QED) is 0.888. The maximum atomic E-state index is 13.8. The van der Waals surface area contributed by atoms with E-state index >= 15 is 0 Å². The molecule has 1 unspecified atom stereocenters. The van der Waals surface area contributed by atoms with Crippen molar-refractivity contribution in [3.05, 3.63) is 58.4 Å². The molecule has 1 atom stereocenters. The number of para-hydroxylation sites is 1. The molecule has 0 aliphatic rings. The molecular formula is C15H14ClFO2. The van der Waals surface area contributed by atoms with E-state index in [1.54, 1.807) is 25.1 Å². The van der Waals surface area contributed by atoms with Gasteiger partial charge in [0.05, 0.1) is 11.1 Å². The van der Waals surface area contributed by atoms with Crippen molar-refractivity contribution in [2.45, 2.75) is 20.0 Å². The monoisotopic (exact) mass is 280 g/mol. The summed E-state index contributed by atoms with van der Waals surface area (Å²) in [7, 11) is 0. The average molecular weight is 281 g/mol. The first-order valence-electron chi connectivity index (χ1n) is 5.89. The summed E-state index contributed by atoms with van der Waals surface area (Å²) in [6, 6.07) is 9.66. The number of aryl methyl sites for hydroxylation is 1. The number of hydrogen-bond donors (Lipinski definition) is 1. The van der Waals surface area contributed by atoms with Gasteiger partial charge in [0.15, 0.2) is 11.6 Å². The Morgan fingerprint density at radius 1 is 1.26 bits per heavy atom. The zero-order valence-corrected chi connectivity index (χ0v) is 11.4. The summed E-state index contributed by atoms with van der Waals surface area (Å²) in [6.45, 7) is 3.46. The average Bonchev–Trinajstić information content (AvgIpc) is 2.34. The number of halogens is 2. The lowest BCUT2D eigenvalue weighted by Gasteiger charge is -2.14. The summed E-state index contributed by atoms with van der Waals surface area (Å²) in [5.41, 5.74) is 1.37. The zero-order chi connectivity index (χ0) is 14.0. The maximum absolute atomic E-state index is 13.8. The summed E-state index contributed by atoms with van der Waals surface area (Å²) in [5, 5.41) is 10.0. The van der Waals surface area contributed by atoms with Crippen LogP contribution < -0.4 is 4.74 Å². The van der Waals surface area contributed by atoms with Gasteiger partial charge in [0.25, 0.3) is 0 Å². The number of aliphatic hydroxyl groups is 1. The second-order valence-electron chi connectivity index (χ2n) is 4.37. The highest BCUT2D eigenvalue weighted by molar-refractivity contribution is 6.32. The molecule has 2 aromatic carbocycles. The smallest absolute Gasteiger partial charge is 0.168 e. The van der Waals surface area contributed by atoms with Gasteiger partial charge in [0.2, 0.25) is 0 Å². The molecule has 0 radical (unpaired) electrons. The van der Waals surface area contributed by atoms with Crippen LogP contribution in [-0.2, 0) is 0 Å². The minimum Gasteiger partial charge on any atom is -0.452 e. The minimum atomic E-state index is -0.824. The Labute approximate surface area is 116 Å². The van der Waals surface area contributed by atoms with Crippen LogP contribution in [0.5, 0.6) is 11.5 Å². The second kappa shape index (κ2) is 5.59. The third kappa shape index (κ3) is 3.06. The van der Waals surface area contributed by atoms with Gasteiger partial charge in [-0.3, -0.25) is 0 Å². The van der Waals surface area contributed by atoms with Gasteiger partial charge in [-0.2, -0.15) is 0 Å². The van der Waals surface area contributed by atoms with Gasteiger partial charge in [0, 0.05) is 5.56 Å². The molecule has 4 heteroatoms. The van der Waals surface area contributed by atoms with Gasteiger partial charge < -0.3 is 9.84 Å². The highest BCUT2D eigenvalue weighted by Crippen LogP contribution is 2.35. The van der Waals surface area contributed by atoms with Crippen molar-refractivity contribution in [1.29, 1.82) is 0 Å². The molecule has 0 heterocycles. The van der Waals surface area contributed by atoms with Gasteiger partial charge in [-0.1, -0.05) is 29.8 Å². The molecule has 2 rings (SSSR count). The van der Waals surface area contributed by atoms with Crippen molar-refractivity contribution in [2.24, 2.45) is 0 Å². The number of hydrogen-bond acceptors (Lipinski definition) is 2. The van der Waals surface area contributed by atoms with E-state index in [0.29, 0.717) is 16.3 Å². The fourth-order valence-corrected chi connectivity index (χ4v) is 2.03. The number of rotatable bonds is 3. The Bertz CT molecular complexity index is 597. The lowest BCUT2D eigenvalue weighted by molar-refractivity contribution is 0.194. The standard InChI is InChI=1S/C15H14ClFO2/c1-9-6-7-14(12(16)8-9)19-15-11(10(2)18)4-3-5-13(15)17/h3-8,10,18H,1-2H3. The van der Waals surface area contributed by atoms with Crippen molar-refractivity contribution in [1.82, 2.24) is 0 Å². The van der Waals surface area contributed by atoms with Crippen LogP contribution in [0.15, 0.2) is 36.4 Å². The van der Waals surface area contributed by atoms with E-state index in [2.05, 4.69) is 0 Å². The Kier molecular flexibility index (Phi) is 4.08. The first-order valence-corrected chi connectivity index (χ1v) is 6.27. The van der Waals surface area contributed by atoms with Gasteiger partial charge in [0.1, 0.15) is 5.75 Å². The molecule has 0 saturated heterocycles. The van der Waals surface area contributed by atoms with Crippen LogP contribution in [-0.4, -0.2) is 5.11 Å². The van der Waals surface area contributed by atoms with Crippen molar-refractivity contribution in [3.8, 4) is 11.5 Å². The molecule has 0 bridgehead atoms. The third-order valence-corrected chi connectivity index (χ3v) is 3.04. The Morgan fingerprint density at radius 2 is 2.00 bits per heavy atom. The van der Waals surface area contributed by atoms with Crippen LogP contribution in [0.3, 0.4) is 0 Å². The van der Waals surface area contributed by atoms with Gasteiger partial charge in [-0.25, -0.2) is 4.39 Å². The normalized spacial score (nSPS) is 12.3. The van der Waals surface area contributed by atoms with E-state index in [9.17, 15) is 9.50 Å². The molecule has 2 nitrogen and oxygen atoms in total. The molecule has 0 aliphatic carbocycles. The third-order valence-electron chi connectivity index (χ3n) is 2.75. The van der Waals surface area contributed by atoms with Gasteiger partial charge in [-0.05, 0) is 37.6 Å². The molecule has 0 spiro atoms. The molecule has 1 N–H and O–H groups in total. The summed E-state index contributed by atoms with van der Waals surface area (Å²) in [5.74, 6) is -0.169. The summed E-state index contributed by atoms with van der Waals surface area (Å²) in [4.78, 5) is 0. The SMILES string of the molecule is Cc1ccc(Oc2c(F)cccc2C(C)O)c(Cl)c1. The number of ether oxygens (including phenoxy) is 1. The Morgan fingerprint density at radius 3 is 2.63 bits per heavy atom. The van der Waals surface area contributed by atoms with E-state index in [1.807, 2.05) is 13.0 Å². The molecule has 0 saturated carbocycles. The van der Waals surface area contributed by atoms with Crippen LogP contribution in [0, 0.1) is 12.7 Å². The fourth-order valence-electron chi connectivity index (χ4n) is 1.76. The molecule has 100 valence electrons. The summed E-state index contributed by atoms with van der Waals surface area (Å²) < 4.78 is 19.3. The van der Waals surface area contributed by atoms with Crippen molar-refractivity contribution in [3.63, 3.8) is 0 Å². The van der Waals surface area contributed by atoms with Gasteiger partial charge >= 0.3 is 0 Å². The molecule has 0 aliphatic heterocycles. The van der Waals surface area contributed by atoms with Crippen molar-refractivity contribution < 1.29 is 14.2 Å². The maximum Gasteiger partial charge on any atom is 0.168 e. The lowest BCUT2D eigenvalue weighted by atomic mass is 10.1.